The summed E-state index contributed by atoms with van der Waals surface area (Å²) in [6, 6.07) is 5.59. The third-order valence-corrected chi connectivity index (χ3v) is 4.03. The number of aryl methyl sites for hydroxylation is 1. The highest BCUT2D eigenvalue weighted by Crippen LogP contribution is 2.21. The molecule has 1 aromatic carbocycles. The molecule has 0 aromatic heterocycles. The number of hydrogen-bond acceptors (Lipinski definition) is 2. The Bertz CT molecular complexity index is 444. The first-order chi connectivity index (χ1) is 8.85. The summed E-state index contributed by atoms with van der Waals surface area (Å²) in [7, 11) is 0. The standard InChI is InChI=1S/C15H22BrNO2/c1-11-5-6-12(9-13(11)16)14(19)17-10-15(2,3)7-4-8-18/h5-6,9,18H,4,7-8,10H2,1-3H3,(H,17,19). The molecule has 0 unspecified atom stereocenters. The minimum absolute atomic E-state index is 0.000317. The Balaban J connectivity index is 2.57. The molecule has 0 fully saturated rings. The van der Waals surface area contributed by atoms with Gasteiger partial charge in [0.25, 0.3) is 5.91 Å². The Labute approximate surface area is 123 Å². The molecule has 106 valence electrons. The molecule has 0 spiro atoms. The van der Waals surface area contributed by atoms with Crippen molar-refractivity contribution in [2.24, 2.45) is 5.41 Å². The first kappa shape index (κ1) is 16.2. The SMILES string of the molecule is Cc1ccc(C(=O)NCC(C)(C)CCCO)cc1Br. The van der Waals surface area contributed by atoms with Gasteiger partial charge in [-0.15, -0.1) is 0 Å². The van der Waals surface area contributed by atoms with Crippen LogP contribution in [0.1, 0.15) is 42.6 Å². The number of aliphatic hydroxyl groups is 1. The molecule has 3 nitrogen and oxygen atoms in total. The van der Waals surface area contributed by atoms with E-state index >= 15 is 0 Å². The highest BCUT2D eigenvalue weighted by molar-refractivity contribution is 9.10. The molecule has 0 saturated heterocycles. The molecule has 0 radical (unpaired) electrons. The predicted molar refractivity (Wildman–Crippen MR) is 81.3 cm³/mol. The van der Waals surface area contributed by atoms with Crippen LogP contribution >= 0.6 is 15.9 Å². The Morgan fingerprint density at radius 3 is 2.68 bits per heavy atom. The topological polar surface area (TPSA) is 49.3 Å². The van der Waals surface area contributed by atoms with Gasteiger partial charge >= 0.3 is 0 Å². The van der Waals surface area contributed by atoms with Crippen molar-refractivity contribution >= 4 is 21.8 Å². The zero-order chi connectivity index (χ0) is 14.5. The summed E-state index contributed by atoms with van der Waals surface area (Å²) in [5.41, 5.74) is 1.77. The van der Waals surface area contributed by atoms with Gasteiger partial charge in [0, 0.05) is 23.2 Å². The molecule has 1 aromatic rings. The number of nitrogens with one attached hydrogen (secondary N) is 1. The molecular formula is C15H22BrNO2. The van der Waals surface area contributed by atoms with Crippen molar-refractivity contribution in [3.63, 3.8) is 0 Å². The van der Waals surface area contributed by atoms with E-state index in [2.05, 4.69) is 35.1 Å². The minimum Gasteiger partial charge on any atom is -0.396 e. The lowest BCUT2D eigenvalue weighted by Crippen LogP contribution is -2.34. The average molecular weight is 328 g/mol. The van der Waals surface area contributed by atoms with Crippen LogP contribution in [0.4, 0.5) is 0 Å². The second-order valence-corrected chi connectivity index (χ2v) is 6.49. The normalized spacial score (nSPS) is 11.4. The number of aliphatic hydroxyl groups excluding tert-OH is 1. The zero-order valence-corrected chi connectivity index (χ0v) is 13.4. The quantitative estimate of drug-likeness (QED) is 0.842. The van der Waals surface area contributed by atoms with Gasteiger partial charge in [0.2, 0.25) is 0 Å². The molecule has 0 saturated carbocycles. The second-order valence-electron chi connectivity index (χ2n) is 5.64. The Kier molecular flexibility index (Phi) is 6.01. The van der Waals surface area contributed by atoms with Gasteiger partial charge in [-0.3, -0.25) is 4.79 Å². The summed E-state index contributed by atoms with van der Waals surface area (Å²) in [6.07, 6.45) is 1.65. The third kappa shape index (κ3) is 5.33. The maximum Gasteiger partial charge on any atom is 0.251 e. The van der Waals surface area contributed by atoms with Crippen molar-refractivity contribution in [2.45, 2.75) is 33.6 Å². The fourth-order valence-corrected chi connectivity index (χ4v) is 2.18. The predicted octanol–water partition coefficient (Wildman–Crippen LogP) is 3.29. The van der Waals surface area contributed by atoms with Crippen LogP contribution in [0.25, 0.3) is 0 Å². The van der Waals surface area contributed by atoms with E-state index in [-0.39, 0.29) is 17.9 Å². The van der Waals surface area contributed by atoms with Crippen LogP contribution in [0.2, 0.25) is 0 Å². The van der Waals surface area contributed by atoms with Gasteiger partial charge in [0.05, 0.1) is 0 Å². The first-order valence-corrected chi connectivity index (χ1v) is 7.30. The van der Waals surface area contributed by atoms with Crippen LogP contribution in [-0.4, -0.2) is 24.2 Å². The van der Waals surface area contributed by atoms with Crippen LogP contribution in [0.3, 0.4) is 0 Å². The van der Waals surface area contributed by atoms with E-state index in [0.29, 0.717) is 12.1 Å². The minimum atomic E-state index is -0.0576. The summed E-state index contributed by atoms with van der Waals surface area (Å²) in [4.78, 5) is 12.0. The third-order valence-electron chi connectivity index (χ3n) is 3.17. The van der Waals surface area contributed by atoms with Crippen LogP contribution in [-0.2, 0) is 0 Å². The van der Waals surface area contributed by atoms with Gasteiger partial charge in [-0.1, -0.05) is 35.8 Å². The second kappa shape index (κ2) is 7.06. The molecule has 0 bridgehead atoms. The fraction of sp³-hybridized carbons (Fsp3) is 0.533. The highest BCUT2D eigenvalue weighted by Gasteiger charge is 2.18. The van der Waals surface area contributed by atoms with Gasteiger partial charge in [-0.05, 0) is 42.9 Å². The zero-order valence-electron chi connectivity index (χ0n) is 11.8. The van der Waals surface area contributed by atoms with Crippen molar-refractivity contribution < 1.29 is 9.90 Å². The van der Waals surface area contributed by atoms with Crippen LogP contribution in [0, 0.1) is 12.3 Å². The summed E-state index contributed by atoms with van der Waals surface area (Å²) < 4.78 is 0.944. The van der Waals surface area contributed by atoms with Crippen molar-refractivity contribution in [3.05, 3.63) is 33.8 Å². The van der Waals surface area contributed by atoms with E-state index in [4.69, 9.17) is 5.11 Å². The van der Waals surface area contributed by atoms with E-state index in [1.54, 1.807) is 0 Å². The molecule has 0 heterocycles. The largest absolute Gasteiger partial charge is 0.396 e. The molecule has 19 heavy (non-hydrogen) atoms. The lowest BCUT2D eigenvalue weighted by Gasteiger charge is -2.24. The summed E-state index contributed by atoms with van der Waals surface area (Å²) >= 11 is 3.43. The maximum absolute atomic E-state index is 12.0. The van der Waals surface area contributed by atoms with Crippen molar-refractivity contribution in [1.29, 1.82) is 0 Å². The number of halogens is 1. The van der Waals surface area contributed by atoms with Gasteiger partial charge in [-0.25, -0.2) is 0 Å². The summed E-state index contributed by atoms with van der Waals surface area (Å²) in [6.45, 7) is 6.98. The maximum atomic E-state index is 12.0. The lowest BCUT2D eigenvalue weighted by molar-refractivity contribution is 0.0933. The number of amides is 1. The first-order valence-electron chi connectivity index (χ1n) is 6.51. The number of rotatable bonds is 6. The van der Waals surface area contributed by atoms with E-state index in [1.807, 2.05) is 25.1 Å². The van der Waals surface area contributed by atoms with Crippen molar-refractivity contribution in [1.82, 2.24) is 5.32 Å². The smallest absolute Gasteiger partial charge is 0.251 e. The van der Waals surface area contributed by atoms with Gasteiger partial charge in [0.1, 0.15) is 0 Å². The summed E-state index contributed by atoms with van der Waals surface area (Å²) in [5.74, 6) is -0.0576. The molecule has 0 aliphatic heterocycles. The Morgan fingerprint density at radius 1 is 1.42 bits per heavy atom. The molecule has 4 heteroatoms. The van der Waals surface area contributed by atoms with Crippen LogP contribution in [0.15, 0.2) is 22.7 Å². The van der Waals surface area contributed by atoms with Gasteiger partial charge < -0.3 is 10.4 Å². The van der Waals surface area contributed by atoms with Crippen molar-refractivity contribution in [3.8, 4) is 0 Å². The van der Waals surface area contributed by atoms with E-state index in [9.17, 15) is 4.79 Å². The van der Waals surface area contributed by atoms with Gasteiger partial charge in [-0.2, -0.15) is 0 Å². The van der Waals surface area contributed by atoms with Crippen LogP contribution in [0.5, 0.6) is 0 Å². The molecule has 1 amide bonds. The fourth-order valence-electron chi connectivity index (χ4n) is 1.80. The number of benzene rings is 1. The molecule has 2 N–H and O–H groups in total. The van der Waals surface area contributed by atoms with Gasteiger partial charge in [0.15, 0.2) is 0 Å². The average Bonchev–Trinajstić information content (AvgIpc) is 2.37. The van der Waals surface area contributed by atoms with Crippen LogP contribution < -0.4 is 5.32 Å². The number of carbonyl (C=O) groups is 1. The van der Waals surface area contributed by atoms with E-state index < -0.39 is 0 Å². The molecule has 0 aliphatic carbocycles. The molecular weight excluding hydrogens is 306 g/mol. The number of hydrogen-bond donors (Lipinski definition) is 2. The van der Waals surface area contributed by atoms with E-state index in [0.717, 1.165) is 22.9 Å². The Morgan fingerprint density at radius 2 is 2.11 bits per heavy atom. The highest BCUT2D eigenvalue weighted by atomic mass is 79.9. The summed E-state index contributed by atoms with van der Waals surface area (Å²) in [5, 5.41) is 11.8. The molecule has 1 rings (SSSR count). The number of carbonyl (C=O) groups excluding carboxylic acids is 1. The van der Waals surface area contributed by atoms with Crippen molar-refractivity contribution in [2.75, 3.05) is 13.2 Å². The molecule has 0 atom stereocenters. The lowest BCUT2D eigenvalue weighted by atomic mass is 9.88. The molecule has 0 aliphatic rings. The van der Waals surface area contributed by atoms with E-state index in [1.165, 1.54) is 0 Å². The monoisotopic (exact) mass is 327 g/mol. The Hall–Kier alpha value is -0.870.